The Hall–Kier alpha value is -3.22. The Kier molecular flexibility index (Phi) is 5.75. The predicted octanol–water partition coefficient (Wildman–Crippen LogP) is 3.29. The fraction of sp³-hybridized carbons (Fsp3) is 0.308. The zero-order valence-corrected chi connectivity index (χ0v) is 18.1. The van der Waals surface area contributed by atoms with Gasteiger partial charge in [-0.2, -0.15) is 0 Å². The second-order valence-corrected chi connectivity index (χ2v) is 7.92. The maximum Gasteiger partial charge on any atom is 0.229 e. The molecule has 0 fully saturated rings. The average molecular weight is 434 g/mol. The molecule has 6 heteroatoms. The van der Waals surface area contributed by atoms with Gasteiger partial charge in [-0.3, -0.25) is 9.59 Å². The monoisotopic (exact) mass is 434 g/mol. The largest absolute Gasteiger partial charge is 0.493 e. The van der Waals surface area contributed by atoms with E-state index in [2.05, 4.69) is 0 Å². The molecule has 0 radical (unpaired) electrons. The molecule has 0 saturated heterocycles. The quantitative estimate of drug-likeness (QED) is 0.629. The Labute approximate surface area is 186 Å². The van der Waals surface area contributed by atoms with Crippen LogP contribution in [-0.4, -0.2) is 46.2 Å². The normalized spacial score (nSPS) is 24.9. The standard InChI is InChI=1S/C26H26O6/c1-3-15-31-23-19(17-11-7-5-8-12-17)21(27)25(23,29)26(30)22(28)20(24(26)32-16-4-2)18-13-9-6-10-14-18/h5-14,29-30H,3-4,15-16H2,1-2H3. The van der Waals surface area contributed by atoms with Crippen LogP contribution in [0.2, 0.25) is 0 Å². The summed E-state index contributed by atoms with van der Waals surface area (Å²) in [5.74, 6) is -1.74. The van der Waals surface area contributed by atoms with Crippen molar-refractivity contribution in [2.75, 3.05) is 13.2 Å². The van der Waals surface area contributed by atoms with E-state index < -0.39 is 22.8 Å². The van der Waals surface area contributed by atoms with Gasteiger partial charge in [0, 0.05) is 0 Å². The van der Waals surface area contributed by atoms with Crippen molar-refractivity contribution in [3.8, 4) is 0 Å². The van der Waals surface area contributed by atoms with Crippen molar-refractivity contribution in [3.05, 3.63) is 83.3 Å². The van der Waals surface area contributed by atoms with Crippen molar-refractivity contribution in [2.24, 2.45) is 0 Å². The highest BCUT2D eigenvalue weighted by Crippen LogP contribution is 2.57. The molecule has 2 aromatic rings. The molecule has 6 nitrogen and oxygen atoms in total. The van der Waals surface area contributed by atoms with Crippen molar-refractivity contribution in [2.45, 2.75) is 37.9 Å². The van der Waals surface area contributed by atoms with E-state index >= 15 is 0 Å². The van der Waals surface area contributed by atoms with Gasteiger partial charge in [0.2, 0.25) is 22.8 Å². The molecule has 166 valence electrons. The molecule has 0 aromatic heterocycles. The summed E-state index contributed by atoms with van der Waals surface area (Å²) in [6.45, 7) is 4.20. The van der Waals surface area contributed by atoms with Gasteiger partial charge in [0.1, 0.15) is 0 Å². The maximum atomic E-state index is 13.3. The smallest absolute Gasteiger partial charge is 0.229 e. The Balaban J connectivity index is 1.86. The Morgan fingerprint density at radius 3 is 1.31 bits per heavy atom. The van der Waals surface area contributed by atoms with E-state index in [9.17, 15) is 19.8 Å². The van der Waals surface area contributed by atoms with Gasteiger partial charge in [0.25, 0.3) is 0 Å². The van der Waals surface area contributed by atoms with E-state index in [0.717, 1.165) is 0 Å². The summed E-state index contributed by atoms with van der Waals surface area (Å²) in [6, 6.07) is 17.5. The molecule has 4 rings (SSSR count). The third-order valence-corrected chi connectivity index (χ3v) is 5.77. The lowest BCUT2D eigenvalue weighted by molar-refractivity contribution is -0.184. The molecule has 2 aliphatic carbocycles. The van der Waals surface area contributed by atoms with Crippen LogP contribution in [0.3, 0.4) is 0 Å². The second kappa shape index (κ2) is 8.37. The topological polar surface area (TPSA) is 93.1 Å². The van der Waals surface area contributed by atoms with Gasteiger partial charge in [-0.1, -0.05) is 74.5 Å². The minimum absolute atomic E-state index is 0.101. The first kappa shape index (κ1) is 22.0. The van der Waals surface area contributed by atoms with E-state index in [1.807, 2.05) is 13.8 Å². The molecule has 0 aliphatic heterocycles. The second-order valence-electron chi connectivity index (χ2n) is 7.92. The molecule has 32 heavy (non-hydrogen) atoms. The number of Topliss-reactive ketones (excluding diaryl/α,β-unsaturated/α-hetero) is 2. The van der Waals surface area contributed by atoms with Gasteiger partial charge in [0.15, 0.2) is 11.5 Å². The highest BCUT2D eigenvalue weighted by Gasteiger charge is 2.76. The van der Waals surface area contributed by atoms with Crippen molar-refractivity contribution in [1.82, 2.24) is 0 Å². The van der Waals surface area contributed by atoms with Gasteiger partial charge in [-0.05, 0) is 24.0 Å². The van der Waals surface area contributed by atoms with Gasteiger partial charge < -0.3 is 19.7 Å². The Morgan fingerprint density at radius 1 is 0.656 bits per heavy atom. The summed E-state index contributed by atoms with van der Waals surface area (Å²) in [5, 5.41) is 23.1. The molecular formula is C26H26O6. The van der Waals surface area contributed by atoms with Crippen molar-refractivity contribution in [1.29, 1.82) is 0 Å². The zero-order chi connectivity index (χ0) is 22.9. The van der Waals surface area contributed by atoms with Crippen LogP contribution in [0.5, 0.6) is 0 Å². The number of hydrogen-bond acceptors (Lipinski definition) is 6. The number of rotatable bonds is 9. The highest BCUT2D eigenvalue weighted by molar-refractivity contribution is 6.42. The number of benzene rings is 2. The lowest BCUT2D eigenvalue weighted by Crippen LogP contribution is -2.74. The molecule has 2 aliphatic rings. The third kappa shape index (κ3) is 2.94. The summed E-state index contributed by atoms with van der Waals surface area (Å²) in [7, 11) is 0. The van der Waals surface area contributed by atoms with Gasteiger partial charge in [0.05, 0.1) is 24.4 Å². The zero-order valence-electron chi connectivity index (χ0n) is 18.1. The number of carbonyl (C=O) groups is 2. The van der Waals surface area contributed by atoms with Gasteiger partial charge in [-0.25, -0.2) is 0 Å². The third-order valence-electron chi connectivity index (χ3n) is 5.77. The van der Waals surface area contributed by atoms with Crippen molar-refractivity contribution in [3.63, 3.8) is 0 Å². The predicted molar refractivity (Wildman–Crippen MR) is 119 cm³/mol. The number of carbonyl (C=O) groups excluding carboxylic acids is 2. The van der Waals surface area contributed by atoms with Crippen LogP contribution in [0.25, 0.3) is 11.1 Å². The van der Waals surface area contributed by atoms with Crippen LogP contribution in [0.4, 0.5) is 0 Å². The molecule has 0 amide bonds. The molecule has 2 aromatic carbocycles. The van der Waals surface area contributed by atoms with E-state index in [0.29, 0.717) is 24.0 Å². The summed E-state index contributed by atoms with van der Waals surface area (Å²) in [5.41, 5.74) is -3.69. The SMILES string of the molecule is CCCOC1=C(c2ccccc2)C(=O)C1(O)C1(O)C(=O)C(c2ccccc2)=C1OCCC. The molecule has 2 N–H and O–H groups in total. The Bertz CT molecular complexity index is 1010. The van der Waals surface area contributed by atoms with Crippen molar-refractivity contribution >= 4 is 22.7 Å². The molecule has 0 heterocycles. The fourth-order valence-electron chi connectivity index (χ4n) is 4.16. The number of aliphatic hydroxyl groups is 2. The van der Waals surface area contributed by atoms with Crippen LogP contribution < -0.4 is 0 Å². The molecule has 0 spiro atoms. The number of ether oxygens (including phenoxy) is 2. The van der Waals surface area contributed by atoms with Gasteiger partial charge in [-0.15, -0.1) is 0 Å². The first-order valence-corrected chi connectivity index (χ1v) is 10.8. The summed E-state index contributed by atoms with van der Waals surface area (Å²) in [4.78, 5) is 26.7. The van der Waals surface area contributed by atoms with Crippen LogP contribution in [0, 0.1) is 0 Å². The minimum Gasteiger partial charge on any atom is -0.493 e. The minimum atomic E-state index is -2.55. The number of hydrogen-bond donors (Lipinski definition) is 2. The molecule has 2 unspecified atom stereocenters. The van der Waals surface area contributed by atoms with E-state index in [1.165, 1.54) is 0 Å². The van der Waals surface area contributed by atoms with Crippen molar-refractivity contribution < 1.29 is 29.3 Å². The van der Waals surface area contributed by atoms with E-state index in [4.69, 9.17) is 9.47 Å². The first-order chi connectivity index (χ1) is 15.4. The van der Waals surface area contributed by atoms with E-state index in [1.54, 1.807) is 60.7 Å². The average Bonchev–Trinajstić information content (AvgIpc) is 2.83. The lowest BCUT2D eigenvalue weighted by atomic mass is 9.57. The molecule has 0 saturated carbocycles. The van der Waals surface area contributed by atoms with Crippen LogP contribution in [0.1, 0.15) is 37.8 Å². The molecular weight excluding hydrogens is 408 g/mol. The summed E-state index contributed by atoms with van der Waals surface area (Å²) >= 11 is 0. The fourth-order valence-corrected chi connectivity index (χ4v) is 4.16. The maximum absolute atomic E-state index is 13.3. The molecule has 2 atom stereocenters. The molecule has 0 bridgehead atoms. The van der Waals surface area contributed by atoms with Gasteiger partial charge >= 0.3 is 0 Å². The van der Waals surface area contributed by atoms with Crippen LogP contribution in [-0.2, 0) is 19.1 Å². The van der Waals surface area contributed by atoms with Crippen LogP contribution in [0.15, 0.2) is 72.2 Å². The number of ketones is 2. The highest BCUT2D eigenvalue weighted by atomic mass is 16.5. The Morgan fingerprint density at radius 2 is 1.00 bits per heavy atom. The lowest BCUT2D eigenvalue weighted by Gasteiger charge is -2.52. The first-order valence-electron chi connectivity index (χ1n) is 10.8. The summed E-state index contributed by atoms with van der Waals surface area (Å²) < 4.78 is 11.5. The van der Waals surface area contributed by atoms with E-state index in [-0.39, 0.29) is 35.9 Å². The summed E-state index contributed by atoms with van der Waals surface area (Å²) in [6.07, 6.45) is 1.24. The van der Waals surface area contributed by atoms with Crippen LogP contribution >= 0.6 is 0 Å².